The zero-order valence-electron chi connectivity index (χ0n) is 14.4. The number of carbonyl (C=O) groups is 1. The first-order valence-corrected chi connectivity index (χ1v) is 9.99. The Balaban J connectivity index is 0.00000225. The number of nitrogens with two attached hydrogens (primary N) is 1. The number of hydrogen-bond acceptors (Lipinski definition) is 5. The molecule has 142 valence electrons. The van der Waals surface area contributed by atoms with Crippen LogP contribution in [-0.2, 0) is 10.0 Å². The van der Waals surface area contributed by atoms with Crippen LogP contribution in [-0.4, -0.2) is 43.8 Å². The van der Waals surface area contributed by atoms with Gasteiger partial charge < -0.3 is 15.5 Å². The summed E-state index contributed by atoms with van der Waals surface area (Å²) < 4.78 is 32.2. The quantitative estimate of drug-likeness (QED) is 0.813. The molecule has 9 heteroatoms. The lowest BCUT2D eigenvalue weighted by molar-refractivity contribution is 0.0896. The van der Waals surface area contributed by atoms with Crippen LogP contribution < -0.4 is 11.1 Å². The van der Waals surface area contributed by atoms with Gasteiger partial charge in [-0.15, -0.1) is 12.4 Å². The van der Waals surface area contributed by atoms with E-state index in [1.165, 1.54) is 10.4 Å². The van der Waals surface area contributed by atoms with Gasteiger partial charge >= 0.3 is 0 Å². The standard InChI is InChI=1S/C16H25N3O4S.ClH/c1-11-15(24(21,22)19-8-2-3-9-19)10-14(23-11)16(20)18-13-6-4-12(17)5-7-13;/h10,12-13H,2-9,17H2,1H3,(H,18,20);1H. The summed E-state index contributed by atoms with van der Waals surface area (Å²) in [5, 5.41) is 2.92. The van der Waals surface area contributed by atoms with E-state index in [1.54, 1.807) is 6.92 Å². The van der Waals surface area contributed by atoms with E-state index < -0.39 is 10.0 Å². The molecule has 1 aliphatic carbocycles. The van der Waals surface area contributed by atoms with Gasteiger partial charge in [-0.25, -0.2) is 8.42 Å². The fraction of sp³-hybridized carbons (Fsp3) is 0.688. The second-order valence-corrected chi connectivity index (χ2v) is 8.63. The zero-order chi connectivity index (χ0) is 17.3. The number of rotatable bonds is 4. The van der Waals surface area contributed by atoms with E-state index in [9.17, 15) is 13.2 Å². The first kappa shape index (κ1) is 20.2. The molecule has 7 nitrogen and oxygen atoms in total. The summed E-state index contributed by atoms with van der Waals surface area (Å²) >= 11 is 0. The van der Waals surface area contributed by atoms with E-state index in [0.29, 0.717) is 13.1 Å². The molecular weight excluding hydrogens is 366 g/mol. The summed E-state index contributed by atoms with van der Waals surface area (Å²) in [6.45, 7) is 2.63. The fourth-order valence-corrected chi connectivity index (χ4v) is 5.10. The van der Waals surface area contributed by atoms with Gasteiger partial charge in [0, 0.05) is 31.2 Å². The van der Waals surface area contributed by atoms with Crippen LogP contribution >= 0.6 is 12.4 Å². The molecule has 3 N–H and O–H groups in total. The third-order valence-corrected chi connectivity index (χ3v) is 6.89. The minimum atomic E-state index is -3.58. The number of nitrogens with one attached hydrogen (secondary N) is 1. The summed E-state index contributed by atoms with van der Waals surface area (Å²) in [5.41, 5.74) is 5.87. The first-order chi connectivity index (χ1) is 11.4. The second kappa shape index (κ2) is 8.07. The van der Waals surface area contributed by atoms with Gasteiger partial charge in [0.2, 0.25) is 10.0 Å². The molecule has 0 bridgehead atoms. The van der Waals surface area contributed by atoms with E-state index in [4.69, 9.17) is 10.2 Å². The van der Waals surface area contributed by atoms with Crippen LogP contribution in [0.25, 0.3) is 0 Å². The summed E-state index contributed by atoms with van der Waals surface area (Å²) in [7, 11) is -3.58. The van der Waals surface area contributed by atoms with Gasteiger partial charge in [-0.2, -0.15) is 4.31 Å². The molecule has 1 aromatic heterocycles. The maximum atomic E-state index is 12.6. The first-order valence-electron chi connectivity index (χ1n) is 8.55. The Morgan fingerprint density at radius 2 is 1.84 bits per heavy atom. The van der Waals surface area contributed by atoms with Crippen molar-refractivity contribution in [2.45, 2.75) is 62.4 Å². The molecule has 1 aliphatic heterocycles. The smallest absolute Gasteiger partial charge is 0.287 e. The van der Waals surface area contributed by atoms with Crippen molar-refractivity contribution in [3.05, 3.63) is 17.6 Å². The van der Waals surface area contributed by atoms with Crippen LogP contribution in [0.4, 0.5) is 0 Å². The van der Waals surface area contributed by atoms with Crippen molar-refractivity contribution in [3.8, 4) is 0 Å². The molecule has 3 rings (SSSR count). The van der Waals surface area contributed by atoms with Gasteiger partial charge in [-0.05, 0) is 45.4 Å². The second-order valence-electron chi connectivity index (χ2n) is 6.73. The maximum Gasteiger partial charge on any atom is 0.287 e. The normalized spacial score (nSPS) is 24.7. The van der Waals surface area contributed by atoms with Crippen molar-refractivity contribution in [1.82, 2.24) is 9.62 Å². The molecular formula is C16H26ClN3O4S. The van der Waals surface area contributed by atoms with Crippen molar-refractivity contribution in [3.63, 3.8) is 0 Å². The van der Waals surface area contributed by atoms with Crippen molar-refractivity contribution in [1.29, 1.82) is 0 Å². The van der Waals surface area contributed by atoms with Gasteiger partial charge in [0.25, 0.3) is 5.91 Å². The minimum absolute atomic E-state index is 0. The number of halogens is 1. The number of nitrogens with zero attached hydrogens (tertiary/aromatic N) is 1. The van der Waals surface area contributed by atoms with E-state index >= 15 is 0 Å². The molecule has 1 amide bonds. The van der Waals surface area contributed by atoms with Gasteiger partial charge in [0.1, 0.15) is 10.7 Å². The third kappa shape index (κ3) is 4.36. The number of hydrogen-bond donors (Lipinski definition) is 2. The van der Waals surface area contributed by atoms with Crippen LogP contribution in [0.15, 0.2) is 15.4 Å². The highest BCUT2D eigenvalue weighted by atomic mass is 35.5. The van der Waals surface area contributed by atoms with Crippen LogP contribution in [0.3, 0.4) is 0 Å². The number of amides is 1. The highest BCUT2D eigenvalue weighted by Gasteiger charge is 2.32. The molecule has 25 heavy (non-hydrogen) atoms. The average molecular weight is 392 g/mol. The summed E-state index contributed by atoms with van der Waals surface area (Å²) in [4.78, 5) is 12.5. The summed E-state index contributed by atoms with van der Waals surface area (Å²) in [6.07, 6.45) is 5.19. The molecule has 0 radical (unpaired) electrons. The summed E-state index contributed by atoms with van der Waals surface area (Å²) in [5.74, 6) is -0.0423. The van der Waals surface area contributed by atoms with Crippen LogP contribution in [0, 0.1) is 6.92 Å². The number of sulfonamides is 1. The lowest BCUT2D eigenvalue weighted by atomic mass is 9.92. The Morgan fingerprint density at radius 3 is 2.44 bits per heavy atom. The largest absolute Gasteiger partial charge is 0.455 e. The molecule has 2 fully saturated rings. The molecule has 1 saturated heterocycles. The Labute approximate surface area is 154 Å². The molecule has 1 saturated carbocycles. The maximum absolute atomic E-state index is 12.6. The zero-order valence-corrected chi connectivity index (χ0v) is 16.0. The van der Waals surface area contributed by atoms with Gasteiger partial charge in [-0.3, -0.25) is 4.79 Å². The number of aryl methyl sites for hydroxylation is 1. The Bertz CT molecular complexity index is 705. The highest BCUT2D eigenvalue weighted by molar-refractivity contribution is 7.89. The molecule has 2 aliphatic rings. The highest BCUT2D eigenvalue weighted by Crippen LogP contribution is 2.26. The average Bonchev–Trinajstić information content (AvgIpc) is 3.19. The topological polar surface area (TPSA) is 106 Å². The summed E-state index contributed by atoms with van der Waals surface area (Å²) in [6, 6.07) is 1.63. The van der Waals surface area contributed by atoms with Gasteiger partial charge in [0.05, 0.1) is 0 Å². The Kier molecular flexibility index (Phi) is 6.53. The van der Waals surface area contributed by atoms with E-state index in [0.717, 1.165) is 38.5 Å². The van der Waals surface area contributed by atoms with Crippen molar-refractivity contribution >= 4 is 28.3 Å². The molecule has 0 unspecified atom stereocenters. The lowest BCUT2D eigenvalue weighted by Crippen LogP contribution is -2.40. The van der Waals surface area contributed by atoms with Crippen molar-refractivity contribution in [2.24, 2.45) is 5.73 Å². The van der Waals surface area contributed by atoms with Crippen LogP contribution in [0.5, 0.6) is 0 Å². The third-order valence-electron chi connectivity index (χ3n) is 4.89. The Morgan fingerprint density at radius 1 is 1.24 bits per heavy atom. The van der Waals surface area contributed by atoms with Crippen molar-refractivity contribution in [2.75, 3.05) is 13.1 Å². The van der Waals surface area contributed by atoms with E-state index in [2.05, 4.69) is 5.32 Å². The predicted octanol–water partition coefficient (Wildman–Crippen LogP) is 1.79. The van der Waals surface area contributed by atoms with E-state index in [1.807, 2.05) is 0 Å². The SMILES string of the molecule is Cc1oc(C(=O)NC2CCC(N)CC2)cc1S(=O)(=O)N1CCCC1.Cl. The monoisotopic (exact) mass is 391 g/mol. The molecule has 0 spiro atoms. The molecule has 0 aromatic carbocycles. The van der Waals surface area contributed by atoms with Crippen molar-refractivity contribution < 1.29 is 17.6 Å². The molecule has 2 heterocycles. The molecule has 1 aromatic rings. The van der Waals surface area contributed by atoms with Gasteiger partial charge in [-0.1, -0.05) is 0 Å². The lowest BCUT2D eigenvalue weighted by Gasteiger charge is -2.26. The predicted molar refractivity (Wildman–Crippen MR) is 96.4 cm³/mol. The minimum Gasteiger partial charge on any atom is -0.455 e. The number of furan rings is 1. The Hall–Kier alpha value is -1.09. The van der Waals surface area contributed by atoms with Gasteiger partial charge in [0.15, 0.2) is 5.76 Å². The fourth-order valence-electron chi connectivity index (χ4n) is 3.42. The van der Waals surface area contributed by atoms with Crippen LogP contribution in [0.2, 0.25) is 0 Å². The molecule has 0 atom stereocenters. The number of carbonyl (C=O) groups excluding carboxylic acids is 1. The van der Waals surface area contributed by atoms with Crippen LogP contribution in [0.1, 0.15) is 54.8 Å². The van der Waals surface area contributed by atoms with E-state index in [-0.39, 0.29) is 46.8 Å².